The Balaban J connectivity index is 0.00000162. The third-order valence-corrected chi connectivity index (χ3v) is 3.53. The van der Waals surface area contributed by atoms with Gasteiger partial charge >= 0.3 is 0 Å². The van der Waals surface area contributed by atoms with E-state index >= 15 is 0 Å². The van der Waals surface area contributed by atoms with Gasteiger partial charge < -0.3 is 28.1 Å². The minimum absolute atomic E-state index is 0. The molecule has 18 heavy (non-hydrogen) atoms. The van der Waals surface area contributed by atoms with Gasteiger partial charge in [-0.1, -0.05) is 12.1 Å². The second-order valence-corrected chi connectivity index (χ2v) is 4.73. The third kappa shape index (κ3) is 3.62. The molecule has 5 heteroatoms. The van der Waals surface area contributed by atoms with Crippen LogP contribution < -0.4 is 23.0 Å². The summed E-state index contributed by atoms with van der Waals surface area (Å²) < 4.78 is 0. The number of hydrogen-bond donors (Lipinski definition) is 3. The number of likely N-dealkylation sites (tertiary alicyclic amines) is 1. The van der Waals surface area contributed by atoms with Crippen molar-refractivity contribution >= 4 is 5.91 Å². The van der Waals surface area contributed by atoms with Gasteiger partial charge in [0, 0.05) is 24.3 Å². The molecule has 0 spiro atoms. The van der Waals surface area contributed by atoms with E-state index in [0.717, 1.165) is 38.0 Å². The van der Waals surface area contributed by atoms with E-state index in [1.807, 2.05) is 18.2 Å². The van der Waals surface area contributed by atoms with E-state index in [0.29, 0.717) is 5.75 Å². The van der Waals surface area contributed by atoms with E-state index in [-0.39, 0.29) is 24.2 Å². The van der Waals surface area contributed by atoms with E-state index in [1.54, 1.807) is 6.07 Å². The molecule has 0 radical (unpaired) electrons. The molecular weight excluding hydrogens is 252 g/mol. The number of nitrogens with one attached hydrogen (secondary N) is 1. The molecular formula is C13H19ClN2O2. The summed E-state index contributed by atoms with van der Waals surface area (Å²) in [4.78, 5) is 12.5. The van der Waals surface area contributed by atoms with Gasteiger partial charge in [-0.15, -0.1) is 0 Å². The molecule has 0 unspecified atom stereocenters. The minimum Gasteiger partial charge on any atom is -1.00 e. The first-order chi connectivity index (χ1) is 8.16. The molecule has 1 aliphatic heterocycles. The number of phenolic OH excluding ortho intramolecular Hbond substituents is 1. The average Bonchev–Trinajstić information content (AvgIpc) is 2.33. The van der Waals surface area contributed by atoms with Crippen molar-refractivity contribution in [1.29, 1.82) is 0 Å². The quantitative estimate of drug-likeness (QED) is 0.538. The molecule has 1 saturated heterocycles. The van der Waals surface area contributed by atoms with Crippen LogP contribution >= 0.6 is 0 Å². The smallest absolute Gasteiger partial charge is 0.220 e. The zero-order valence-electron chi connectivity index (χ0n) is 10.2. The second kappa shape index (κ2) is 6.61. The lowest BCUT2D eigenvalue weighted by Gasteiger charge is -2.27. The number of piperidine rings is 1. The minimum atomic E-state index is -0.174. The molecule has 0 bridgehead atoms. The van der Waals surface area contributed by atoms with Crippen LogP contribution in [0.3, 0.4) is 0 Å². The van der Waals surface area contributed by atoms with Crippen LogP contribution in [-0.2, 0) is 11.3 Å². The second-order valence-electron chi connectivity index (χ2n) is 4.73. The molecule has 1 aromatic carbocycles. The van der Waals surface area contributed by atoms with E-state index in [2.05, 4.69) is 0 Å². The average molecular weight is 271 g/mol. The van der Waals surface area contributed by atoms with Crippen molar-refractivity contribution < 1.29 is 27.2 Å². The van der Waals surface area contributed by atoms with Gasteiger partial charge in [0.05, 0.1) is 13.1 Å². The zero-order valence-corrected chi connectivity index (χ0v) is 11.0. The van der Waals surface area contributed by atoms with Gasteiger partial charge in [-0.2, -0.15) is 0 Å². The van der Waals surface area contributed by atoms with Crippen LogP contribution in [-0.4, -0.2) is 24.1 Å². The van der Waals surface area contributed by atoms with Gasteiger partial charge in [0.15, 0.2) is 0 Å². The van der Waals surface area contributed by atoms with Crippen molar-refractivity contribution in [2.45, 2.75) is 19.4 Å². The fraction of sp³-hybridized carbons (Fsp3) is 0.462. The largest absolute Gasteiger partial charge is 1.00 e. The van der Waals surface area contributed by atoms with Crippen molar-refractivity contribution in [3.8, 4) is 5.75 Å². The summed E-state index contributed by atoms with van der Waals surface area (Å²) in [6.45, 7) is 2.71. The standard InChI is InChI=1S/C13H18N2O2.ClH/c14-13(17)10-5-7-15(8-6-10)9-11-3-1-2-4-12(11)16;/h1-4,10,16H,5-9H2,(H2,14,17);1H. The Kier molecular flexibility index (Phi) is 5.44. The van der Waals surface area contributed by atoms with Crippen LogP contribution in [0.2, 0.25) is 0 Å². The van der Waals surface area contributed by atoms with Gasteiger partial charge in [0.25, 0.3) is 0 Å². The topological polar surface area (TPSA) is 67.8 Å². The van der Waals surface area contributed by atoms with Crippen LogP contribution in [0, 0.1) is 5.92 Å². The summed E-state index contributed by atoms with van der Waals surface area (Å²) in [7, 11) is 0. The maximum Gasteiger partial charge on any atom is 0.220 e. The summed E-state index contributed by atoms with van der Waals surface area (Å²) >= 11 is 0. The number of nitrogens with two attached hydrogens (primary N) is 1. The van der Waals surface area contributed by atoms with E-state index in [9.17, 15) is 9.90 Å². The van der Waals surface area contributed by atoms with Crippen LogP contribution in [0.1, 0.15) is 18.4 Å². The molecule has 0 saturated carbocycles. The van der Waals surface area contributed by atoms with E-state index in [1.165, 1.54) is 4.90 Å². The first-order valence-corrected chi connectivity index (χ1v) is 6.06. The molecule has 4 nitrogen and oxygen atoms in total. The molecule has 4 N–H and O–H groups in total. The number of primary amides is 1. The Morgan fingerprint density at radius 1 is 1.33 bits per heavy atom. The highest BCUT2D eigenvalue weighted by molar-refractivity contribution is 5.76. The molecule has 1 aromatic rings. The number of para-hydroxylation sites is 1. The van der Waals surface area contributed by atoms with Crippen molar-refractivity contribution in [3.05, 3.63) is 29.8 Å². The molecule has 1 fully saturated rings. The number of phenols is 1. The number of carbonyl (C=O) groups excluding carboxylic acids is 1. The van der Waals surface area contributed by atoms with Crippen molar-refractivity contribution in [2.75, 3.05) is 13.1 Å². The summed E-state index contributed by atoms with van der Waals surface area (Å²) in [6, 6.07) is 7.42. The first-order valence-electron chi connectivity index (χ1n) is 6.06. The first kappa shape index (κ1) is 14.8. The number of benzene rings is 1. The van der Waals surface area contributed by atoms with Crippen LogP contribution in [0.5, 0.6) is 5.75 Å². The maximum atomic E-state index is 11.0. The Hall–Kier alpha value is -1.26. The molecule has 1 heterocycles. The zero-order chi connectivity index (χ0) is 12.3. The van der Waals surface area contributed by atoms with Crippen LogP contribution in [0.4, 0.5) is 0 Å². The van der Waals surface area contributed by atoms with E-state index < -0.39 is 0 Å². The van der Waals surface area contributed by atoms with Gasteiger partial charge in [0.1, 0.15) is 12.3 Å². The molecule has 0 aliphatic carbocycles. The molecule has 100 valence electrons. The van der Waals surface area contributed by atoms with Gasteiger partial charge in [-0.3, -0.25) is 4.79 Å². The number of halogens is 1. The van der Waals surface area contributed by atoms with Crippen molar-refractivity contribution in [2.24, 2.45) is 11.7 Å². The Labute approximate surface area is 113 Å². The number of quaternary nitrogens is 1. The van der Waals surface area contributed by atoms with Crippen LogP contribution in [0.25, 0.3) is 0 Å². The highest BCUT2D eigenvalue weighted by atomic mass is 35.5. The predicted molar refractivity (Wildman–Crippen MR) is 64.4 cm³/mol. The Morgan fingerprint density at radius 3 is 2.50 bits per heavy atom. The van der Waals surface area contributed by atoms with Gasteiger partial charge in [-0.25, -0.2) is 0 Å². The van der Waals surface area contributed by atoms with Gasteiger partial charge in [0.2, 0.25) is 5.91 Å². The SMILES string of the molecule is NC(=O)C1CC[NH+](Cc2ccccc2O)CC1.[Cl-]. The summed E-state index contributed by atoms with van der Waals surface area (Å²) in [5.74, 6) is 0.228. The lowest BCUT2D eigenvalue weighted by Crippen LogP contribution is -3.11. The highest BCUT2D eigenvalue weighted by Gasteiger charge is 2.26. The maximum absolute atomic E-state index is 11.0. The predicted octanol–water partition coefficient (Wildman–Crippen LogP) is -3.32. The normalized spacial score (nSPS) is 23.1. The Bertz CT molecular complexity index is 404. The number of amides is 1. The number of carbonyl (C=O) groups is 1. The molecule has 0 aromatic heterocycles. The third-order valence-electron chi connectivity index (χ3n) is 3.53. The molecule has 1 amide bonds. The summed E-state index contributed by atoms with van der Waals surface area (Å²) in [6.07, 6.45) is 1.72. The summed E-state index contributed by atoms with van der Waals surface area (Å²) in [5.41, 5.74) is 6.27. The lowest BCUT2D eigenvalue weighted by atomic mass is 9.96. The number of hydrogen-bond acceptors (Lipinski definition) is 2. The molecule has 2 rings (SSSR count). The lowest BCUT2D eigenvalue weighted by molar-refractivity contribution is -0.919. The monoisotopic (exact) mass is 270 g/mol. The molecule has 1 aliphatic rings. The number of aromatic hydroxyl groups is 1. The summed E-state index contributed by atoms with van der Waals surface area (Å²) in [5, 5.41) is 9.69. The van der Waals surface area contributed by atoms with Crippen molar-refractivity contribution in [3.63, 3.8) is 0 Å². The Morgan fingerprint density at radius 2 is 1.94 bits per heavy atom. The number of rotatable bonds is 3. The van der Waals surface area contributed by atoms with Gasteiger partial charge in [-0.05, 0) is 12.1 Å². The fourth-order valence-corrected chi connectivity index (χ4v) is 2.42. The molecule has 0 atom stereocenters. The van der Waals surface area contributed by atoms with Crippen LogP contribution in [0.15, 0.2) is 24.3 Å². The highest BCUT2D eigenvalue weighted by Crippen LogP contribution is 2.15. The van der Waals surface area contributed by atoms with Crippen molar-refractivity contribution in [1.82, 2.24) is 0 Å². The van der Waals surface area contributed by atoms with E-state index in [4.69, 9.17) is 5.73 Å². The fourth-order valence-electron chi connectivity index (χ4n) is 2.42.